The van der Waals surface area contributed by atoms with E-state index in [1.165, 1.54) is 355 Å². The molecule has 6 saturated carbocycles. The van der Waals surface area contributed by atoms with E-state index < -0.39 is 0 Å². The molecule has 0 aromatic heterocycles. The first-order valence-corrected chi connectivity index (χ1v) is 42.1. The molecule has 0 N–H and O–H groups in total. The number of rotatable bonds is 8. The summed E-state index contributed by atoms with van der Waals surface area (Å²) in [7, 11) is 0. The third kappa shape index (κ3) is 11.0. The summed E-state index contributed by atoms with van der Waals surface area (Å²) in [4.78, 5) is 0. The molecule has 6 aliphatic rings. The van der Waals surface area contributed by atoms with Gasteiger partial charge in [-0.15, -0.1) is 0 Å². The zero-order valence-electron chi connectivity index (χ0n) is 61.6. The molecular weight excluding hydrogens is 1270 g/mol. The van der Waals surface area contributed by atoms with Gasteiger partial charge in [0, 0.05) is 21.9 Å². The van der Waals surface area contributed by atoms with Crippen molar-refractivity contribution in [2.24, 2.45) is 0 Å². The Morgan fingerprint density at radius 3 is 0.524 bits per heavy atom. The SMILES string of the molecule is c1ccc2cc3cc4cc5cc6cc7cc8c(C9CCCCC9)c(C9CCCCC9)c(C9CCCCC9)c(Oc9c(C%10CCCCC%10)c(C%10CCCCC%10)c(C%10CCCCC%10)c%10cc%11cc%12cc%13cc%14cc%15cc%16ccccc%16cc%15cc%14cc%13cc%12cc%11cc9%10)c8cc7cc6cc5cc4cc3cc2c1. The second-order valence-electron chi connectivity index (χ2n) is 34.7. The summed E-state index contributed by atoms with van der Waals surface area (Å²) in [5.41, 5.74) is 10.4. The molecule has 0 saturated heterocycles. The molecule has 16 aromatic carbocycles. The highest BCUT2D eigenvalue weighted by atomic mass is 16.5. The highest BCUT2D eigenvalue weighted by Gasteiger charge is 2.39. The summed E-state index contributed by atoms with van der Waals surface area (Å²) in [6.45, 7) is 0. The Morgan fingerprint density at radius 1 is 0.152 bits per heavy atom. The first-order chi connectivity index (χ1) is 51.9. The monoisotopic (exact) mass is 1360 g/mol. The standard InChI is InChI=1S/C104H98O/c1-7-23-63(24-8-1)97-93-59-89-55-85-51-81-47-77-43-73-39-69-35-19-21-37-71(69)41-75(73)45-79(77)49-83(81)53-87(85)57-91(89)61-95(93)103(101(67-31-15-5-16-32-67)99(97)65-27-11-3-12-28-65)105-104-96-62-92-58-88-54-84-50-80-46-76-42-72-38-22-20-36-70(72)40-74(76)44-78(80)48-82(84)52-86(88)56-90(92)60-94(96)98(64-25-9-2-10-26-64)100(66-29-13-4-14-30-66)102(104)68-33-17-6-18-34-68/h19-22,35-68H,1-18,23-34H2. The van der Waals surface area contributed by atoms with Crippen LogP contribution in [0.4, 0.5) is 0 Å². The normalized spacial score (nSPS) is 18.6. The van der Waals surface area contributed by atoms with Gasteiger partial charge < -0.3 is 4.74 Å². The molecule has 22 rings (SSSR count). The molecule has 520 valence electrons. The van der Waals surface area contributed by atoms with E-state index in [0.717, 1.165) is 0 Å². The van der Waals surface area contributed by atoms with Crippen LogP contribution in [-0.2, 0) is 0 Å². The summed E-state index contributed by atoms with van der Waals surface area (Å²) in [6.07, 6.45) is 39.5. The van der Waals surface area contributed by atoms with Crippen molar-refractivity contribution >= 4 is 151 Å². The fourth-order valence-electron chi connectivity index (χ4n) is 23.2. The Balaban J connectivity index is 0.815. The highest BCUT2D eigenvalue weighted by Crippen LogP contribution is 2.60. The smallest absolute Gasteiger partial charge is 0.139 e. The molecule has 6 aliphatic carbocycles. The van der Waals surface area contributed by atoms with Gasteiger partial charge in [-0.2, -0.15) is 0 Å². The summed E-state index contributed by atoms with van der Waals surface area (Å²) < 4.78 is 9.10. The zero-order chi connectivity index (χ0) is 68.8. The number of ether oxygens (including phenoxy) is 1. The van der Waals surface area contributed by atoms with Gasteiger partial charge >= 0.3 is 0 Å². The van der Waals surface area contributed by atoms with Crippen molar-refractivity contribution < 1.29 is 4.74 Å². The van der Waals surface area contributed by atoms with Gasteiger partial charge in [-0.3, -0.25) is 0 Å². The van der Waals surface area contributed by atoms with Crippen LogP contribution < -0.4 is 4.74 Å². The van der Waals surface area contributed by atoms with Gasteiger partial charge in [0.25, 0.3) is 0 Å². The van der Waals surface area contributed by atoms with Crippen molar-refractivity contribution in [3.63, 3.8) is 0 Å². The molecule has 16 aromatic rings. The van der Waals surface area contributed by atoms with Gasteiger partial charge in [-0.25, -0.2) is 0 Å². The lowest BCUT2D eigenvalue weighted by molar-refractivity contribution is 0.383. The maximum Gasteiger partial charge on any atom is 0.139 e. The third-order valence-corrected chi connectivity index (χ3v) is 28.3. The largest absolute Gasteiger partial charge is 0.455 e. The van der Waals surface area contributed by atoms with Crippen LogP contribution in [0.25, 0.3) is 151 Å². The Labute approximate surface area is 618 Å². The summed E-state index contributed by atoms with van der Waals surface area (Å²) in [5, 5.41) is 37.6. The van der Waals surface area contributed by atoms with Crippen LogP contribution in [0.3, 0.4) is 0 Å². The third-order valence-electron chi connectivity index (χ3n) is 28.3. The van der Waals surface area contributed by atoms with E-state index in [4.69, 9.17) is 4.74 Å². The van der Waals surface area contributed by atoms with Gasteiger partial charge in [0.05, 0.1) is 0 Å². The van der Waals surface area contributed by atoms with E-state index in [1.54, 1.807) is 33.4 Å². The van der Waals surface area contributed by atoms with Crippen molar-refractivity contribution in [1.82, 2.24) is 0 Å². The van der Waals surface area contributed by atoms with Crippen LogP contribution in [-0.4, -0.2) is 0 Å². The fourth-order valence-corrected chi connectivity index (χ4v) is 23.2. The first-order valence-electron chi connectivity index (χ1n) is 42.1. The van der Waals surface area contributed by atoms with Crippen LogP contribution in [0, 0.1) is 0 Å². The average Bonchev–Trinajstić information content (AvgIpc) is 0.712. The minimum absolute atomic E-state index is 0.475. The predicted molar refractivity (Wildman–Crippen MR) is 453 cm³/mol. The Bertz CT molecular complexity index is 5860. The topological polar surface area (TPSA) is 9.23 Å². The van der Waals surface area contributed by atoms with E-state index in [1.807, 2.05) is 0 Å². The lowest BCUT2D eigenvalue weighted by Crippen LogP contribution is -2.20. The van der Waals surface area contributed by atoms with Crippen LogP contribution in [0.5, 0.6) is 11.5 Å². The van der Waals surface area contributed by atoms with Gasteiger partial charge in [0.1, 0.15) is 11.5 Å². The molecule has 0 bridgehead atoms. The molecule has 6 fully saturated rings. The molecule has 0 amide bonds. The predicted octanol–water partition coefficient (Wildman–Crippen LogP) is 31.9. The fraction of sp³-hybridized carbons (Fsp3) is 0.346. The van der Waals surface area contributed by atoms with Crippen LogP contribution in [0.15, 0.2) is 194 Å². The molecule has 105 heavy (non-hydrogen) atoms. The van der Waals surface area contributed by atoms with Crippen molar-refractivity contribution in [3.05, 3.63) is 228 Å². The molecule has 0 heterocycles. The van der Waals surface area contributed by atoms with Crippen LogP contribution in [0.2, 0.25) is 0 Å². The molecule has 0 atom stereocenters. The first kappa shape index (κ1) is 63.3. The zero-order valence-corrected chi connectivity index (χ0v) is 61.6. The van der Waals surface area contributed by atoms with E-state index in [9.17, 15) is 0 Å². The van der Waals surface area contributed by atoms with Gasteiger partial charge in [-0.05, 0) is 420 Å². The highest BCUT2D eigenvalue weighted by molar-refractivity contribution is 6.17. The number of benzene rings is 16. The second kappa shape index (κ2) is 25.9. The Kier molecular flexibility index (Phi) is 15.6. The van der Waals surface area contributed by atoms with Crippen LogP contribution >= 0.6 is 0 Å². The molecule has 0 radical (unpaired) electrons. The molecule has 0 unspecified atom stereocenters. The van der Waals surface area contributed by atoms with Gasteiger partial charge in [-0.1, -0.05) is 164 Å². The van der Waals surface area contributed by atoms with Crippen molar-refractivity contribution in [2.45, 2.75) is 228 Å². The van der Waals surface area contributed by atoms with Crippen molar-refractivity contribution in [2.75, 3.05) is 0 Å². The summed E-state index contributed by atoms with van der Waals surface area (Å²) in [5.74, 6) is 5.70. The van der Waals surface area contributed by atoms with E-state index in [2.05, 4.69) is 194 Å². The minimum Gasteiger partial charge on any atom is -0.455 e. The lowest BCUT2D eigenvalue weighted by Gasteiger charge is -2.39. The van der Waals surface area contributed by atoms with Crippen LogP contribution in [0.1, 0.15) is 262 Å². The Morgan fingerprint density at radius 2 is 0.314 bits per heavy atom. The number of hydrogen-bond donors (Lipinski definition) is 0. The number of hydrogen-bond acceptors (Lipinski definition) is 1. The van der Waals surface area contributed by atoms with Crippen molar-refractivity contribution in [1.29, 1.82) is 0 Å². The van der Waals surface area contributed by atoms with E-state index in [0.29, 0.717) is 35.5 Å². The molecule has 0 aliphatic heterocycles. The summed E-state index contributed by atoms with van der Waals surface area (Å²) in [6, 6.07) is 78.3. The lowest BCUT2D eigenvalue weighted by atomic mass is 9.68. The van der Waals surface area contributed by atoms with Gasteiger partial charge in [0.2, 0.25) is 0 Å². The Hall–Kier alpha value is -9.04. The molecule has 1 heteroatoms. The van der Waals surface area contributed by atoms with E-state index >= 15 is 0 Å². The quantitative estimate of drug-likeness (QED) is 0.138. The molecule has 1 nitrogen and oxygen atoms in total. The second-order valence-corrected chi connectivity index (χ2v) is 34.7. The van der Waals surface area contributed by atoms with E-state index in [-0.39, 0.29) is 0 Å². The molecule has 0 spiro atoms. The summed E-state index contributed by atoms with van der Waals surface area (Å²) >= 11 is 0. The maximum absolute atomic E-state index is 9.10. The number of fused-ring (bicyclic) bond motifs is 14. The van der Waals surface area contributed by atoms with Gasteiger partial charge in [0.15, 0.2) is 0 Å². The molecular formula is C104H98O. The average molecular weight is 1360 g/mol. The maximum atomic E-state index is 9.10. The van der Waals surface area contributed by atoms with Crippen molar-refractivity contribution in [3.8, 4) is 11.5 Å². The minimum atomic E-state index is 0.475.